The number of carbonyl (C=O) groups is 2. The third-order valence-corrected chi connectivity index (χ3v) is 5.64. The number of carbonyl (C=O) groups excluding carboxylic acids is 1. The molecule has 1 fully saturated rings. The lowest BCUT2D eigenvalue weighted by molar-refractivity contribution is -0.131. The molecule has 0 bridgehead atoms. The van der Waals surface area contributed by atoms with Crippen molar-refractivity contribution >= 4 is 35.5 Å². The molecule has 0 aromatic carbocycles. The third kappa shape index (κ3) is 4.93. The summed E-state index contributed by atoms with van der Waals surface area (Å²) in [4.78, 5) is 45.5. The molecule has 3 aromatic rings. The van der Waals surface area contributed by atoms with E-state index in [1.807, 2.05) is 4.90 Å². The Morgan fingerprint density at radius 3 is 2.65 bits per heavy atom. The van der Waals surface area contributed by atoms with E-state index in [0.29, 0.717) is 56.4 Å². The van der Waals surface area contributed by atoms with Crippen molar-refractivity contribution in [3.63, 3.8) is 0 Å². The standard InChI is InChI=1S/C21H25N9O4/c22-7-2-1-3-18(31)28-9-11-29(12-10-28)19-15(4-5-16-24-26-27-25-16)20(32)30-8-6-14(21(33)34)13-17(30)23-19/h4-6,8,13H,1-3,7,9-12,22H2,(H,33,34)(H,24,25,26,27)/b5-4+. The minimum Gasteiger partial charge on any atom is -0.478 e. The first-order chi connectivity index (χ1) is 16.5. The van der Waals surface area contributed by atoms with E-state index in [1.54, 1.807) is 17.1 Å². The Kier molecular flexibility index (Phi) is 6.92. The van der Waals surface area contributed by atoms with Gasteiger partial charge in [-0.05, 0) is 54.1 Å². The molecule has 13 nitrogen and oxygen atoms in total. The van der Waals surface area contributed by atoms with Crippen LogP contribution in [0.25, 0.3) is 17.8 Å². The van der Waals surface area contributed by atoms with E-state index in [-0.39, 0.29) is 22.7 Å². The van der Waals surface area contributed by atoms with E-state index >= 15 is 0 Å². The number of pyridine rings is 1. The minimum absolute atomic E-state index is 0.0294. The summed E-state index contributed by atoms with van der Waals surface area (Å²) in [6, 6.07) is 2.71. The smallest absolute Gasteiger partial charge is 0.335 e. The number of aromatic carboxylic acids is 1. The van der Waals surface area contributed by atoms with Crippen molar-refractivity contribution in [2.75, 3.05) is 37.6 Å². The second-order valence-corrected chi connectivity index (χ2v) is 7.84. The van der Waals surface area contributed by atoms with Gasteiger partial charge >= 0.3 is 5.97 Å². The molecule has 0 radical (unpaired) electrons. The maximum Gasteiger partial charge on any atom is 0.335 e. The number of rotatable bonds is 8. The fraction of sp³-hybridized carbons (Fsp3) is 0.381. The Bertz CT molecular complexity index is 1260. The van der Waals surface area contributed by atoms with Crippen LogP contribution in [0.1, 0.15) is 41.0 Å². The van der Waals surface area contributed by atoms with Gasteiger partial charge in [0.2, 0.25) is 5.91 Å². The molecule has 1 saturated heterocycles. The van der Waals surface area contributed by atoms with Crippen LogP contribution < -0.4 is 16.2 Å². The second kappa shape index (κ2) is 10.2. The number of aromatic amines is 1. The fourth-order valence-corrected chi connectivity index (χ4v) is 3.81. The Hall–Kier alpha value is -4.13. The first kappa shape index (κ1) is 23.0. The highest BCUT2D eigenvalue weighted by molar-refractivity contribution is 5.89. The molecule has 4 rings (SSSR count). The van der Waals surface area contributed by atoms with Gasteiger partial charge in [-0.3, -0.25) is 14.0 Å². The number of nitrogens with one attached hydrogen (secondary N) is 1. The van der Waals surface area contributed by atoms with E-state index in [9.17, 15) is 19.5 Å². The number of unbranched alkanes of at least 4 members (excludes halogenated alkanes) is 1. The molecule has 4 N–H and O–H groups in total. The summed E-state index contributed by atoms with van der Waals surface area (Å²) in [6.45, 7) is 2.51. The van der Waals surface area contributed by atoms with Gasteiger partial charge in [0.25, 0.3) is 5.56 Å². The van der Waals surface area contributed by atoms with Crippen LogP contribution in [0.3, 0.4) is 0 Å². The van der Waals surface area contributed by atoms with Crippen LogP contribution in [0, 0.1) is 0 Å². The van der Waals surface area contributed by atoms with Gasteiger partial charge in [0, 0.05) is 38.8 Å². The zero-order valence-corrected chi connectivity index (χ0v) is 18.4. The second-order valence-electron chi connectivity index (χ2n) is 7.84. The van der Waals surface area contributed by atoms with Crippen LogP contribution in [0.5, 0.6) is 0 Å². The van der Waals surface area contributed by atoms with Crippen molar-refractivity contribution < 1.29 is 14.7 Å². The van der Waals surface area contributed by atoms with Crippen molar-refractivity contribution in [3.8, 4) is 0 Å². The molecule has 34 heavy (non-hydrogen) atoms. The average Bonchev–Trinajstić information content (AvgIpc) is 3.37. The van der Waals surface area contributed by atoms with E-state index < -0.39 is 5.97 Å². The van der Waals surface area contributed by atoms with Crippen LogP contribution >= 0.6 is 0 Å². The maximum atomic E-state index is 13.3. The van der Waals surface area contributed by atoms with Gasteiger partial charge < -0.3 is 20.6 Å². The molecule has 0 saturated carbocycles. The number of nitrogens with two attached hydrogens (primary N) is 1. The molecule has 0 unspecified atom stereocenters. The van der Waals surface area contributed by atoms with Crippen LogP contribution in [0.4, 0.5) is 5.82 Å². The van der Waals surface area contributed by atoms with E-state index in [2.05, 4.69) is 25.6 Å². The molecule has 0 aliphatic carbocycles. The molecule has 3 aromatic heterocycles. The summed E-state index contributed by atoms with van der Waals surface area (Å²) in [6.07, 6.45) is 6.57. The lowest BCUT2D eigenvalue weighted by Gasteiger charge is -2.36. The normalized spacial score (nSPS) is 14.3. The molecular weight excluding hydrogens is 442 g/mol. The van der Waals surface area contributed by atoms with Crippen molar-refractivity contribution in [1.82, 2.24) is 34.9 Å². The third-order valence-electron chi connectivity index (χ3n) is 5.64. The number of H-pyrrole nitrogens is 1. The number of tetrazole rings is 1. The van der Waals surface area contributed by atoms with Gasteiger partial charge in [-0.15, -0.1) is 5.10 Å². The quantitative estimate of drug-likeness (QED) is 0.378. The Labute approximate surface area is 193 Å². The zero-order chi connectivity index (χ0) is 24.1. The number of carboxylic acid groups (broad SMARTS) is 1. The number of hydrogen-bond donors (Lipinski definition) is 3. The number of fused-ring (bicyclic) bond motifs is 1. The fourth-order valence-electron chi connectivity index (χ4n) is 3.81. The predicted molar refractivity (Wildman–Crippen MR) is 123 cm³/mol. The summed E-state index contributed by atoms with van der Waals surface area (Å²) in [5.74, 6) is -0.249. The number of amides is 1. The molecule has 0 spiro atoms. The highest BCUT2D eigenvalue weighted by atomic mass is 16.4. The number of nitrogens with zero attached hydrogens (tertiary/aromatic N) is 7. The van der Waals surface area contributed by atoms with Gasteiger partial charge in [-0.2, -0.15) is 0 Å². The van der Waals surface area contributed by atoms with Crippen LogP contribution in [-0.4, -0.2) is 84.6 Å². The molecule has 1 aliphatic heterocycles. The summed E-state index contributed by atoms with van der Waals surface area (Å²) in [7, 11) is 0. The van der Waals surface area contributed by atoms with Crippen molar-refractivity contribution in [2.24, 2.45) is 5.73 Å². The summed E-state index contributed by atoms with van der Waals surface area (Å²) in [5, 5.41) is 22.8. The lowest BCUT2D eigenvalue weighted by atomic mass is 10.2. The number of anilines is 1. The SMILES string of the molecule is NCCCCC(=O)N1CCN(c2nc3cc(C(=O)O)ccn3c(=O)c2/C=C/c2nnn[nH]2)CC1. The predicted octanol–water partition coefficient (Wildman–Crippen LogP) is -0.146. The number of hydrogen-bond acceptors (Lipinski definition) is 9. The molecule has 13 heteroatoms. The Balaban J connectivity index is 1.66. The highest BCUT2D eigenvalue weighted by Crippen LogP contribution is 2.21. The van der Waals surface area contributed by atoms with E-state index in [4.69, 9.17) is 5.73 Å². The number of piperazine rings is 1. The molecule has 1 amide bonds. The lowest BCUT2D eigenvalue weighted by Crippen LogP contribution is -2.49. The number of carboxylic acids is 1. The van der Waals surface area contributed by atoms with Crippen molar-refractivity contribution in [1.29, 1.82) is 0 Å². The van der Waals surface area contributed by atoms with Crippen LogP contribution in [-0.2, 0) is 4.79 Å². The van der Waals surface area contributed by atoms with E-state index in [1.165, 1.54) is 22.7 Å². The van der Waals surface area contributed by atoms with Gasteiger partial charge in [-0.1, -0.05) is 0 Å². The average molecular weight is 467 g/mol. The molecular formula is C21H25N9O4. The van der Waals surface area contributed by atoms with Gasteiger partial charge in [-0.25, -0.2) is 14.9 Å². The largest absolute Gasteiger partial charge is 0.478 e. The molecule has 1 aliphatic rings. The van der Waals surface area contributed by atoms with Crippen LogP contribution in [0.15, 0.2) is 23.1 Å². The topological polar surface area (TPSA) is 176 Å². The zero-order valence-electron chi connectivity index (χ0n) is 18.4. The summed E-state index contributed by atoms with van der Waals surface area (Å²) >= 11 is 0. The minimum atomic E-state index is -1.11. The Morgan fingerprint density at radius 1 is 1.18 bits per heavy atom. The first-order valence-electron chi connectivity index (χ1n) is 10.9. The van der Waals surface area contributed by atoms with Gasteiger partial charge in [0.05, 0.1) is 11.1 Å². The van der Waals surface area contributed by atoms with Crippen LogP contribution in [0.2, 0.25) is 0 Å². The van der Waals surface area contributed by atoms with Gasteiger partial charge in [0.1, 0.15) is 11.5 Å². The summed E-state index contributed by atoms with van der Waals surface area (Å²) in [5.41, 5.74) is 5.70. The van der Waals surface area contributed by atoms with E-state index in [0.717, 1.165) is 12.8 Å². The molecule has 0 atom stereocenters. The van der Waals surface area contributed by atoms with Crippen molar-refractivity contribution in [3.05, 3.63) is 45.6 Å². The van der Waals surface area contributed by atoms with Gasteiger partial charge in [0.15, 0.2) is 5.82 Å². The van der Waals surface area contributed by atoms with Crippen molar-refractivity contribution in [2.45, 2.75) is 19.3 Å². The Morgan fingerprint density at radius 2 is 1.97 bits per heavy atom. The number of aromatic nitrogens is 6. The monoisotopic (exact) mass is 467 g/mol. The first-order valence-corrected chi connectivity index (χ1v) is 10.9. The summed E-state index contributed by atoms with van der Waals surface area (Å²) < 4.78 is 1.30. The highest BCUT2D eigenvalue weighted by Gasteiger charge is 2.24. The maximum absolute atomic E-state index is 13.3. The molecule has 178 valence electrons. The molecule has 4 heterocycles.